The van der Waals surface area contributed by atoms with Gasteiger partial charge in [-0.2, -0.15) is 0 Å². The fourth-order valence-electron chi connectivity index (χ4n) is 5.74. The Bertz CT molecular complexity index is 1720. The largest absolute Gasteiger partial charge is 0.417 e. The van der Waals surface area contributed by atoms with Crippen molar-refractivity contribution < 1.29 is 18.8 Å². The number of carbonyl (C=O) groups excluding carboxylic acids is 3. The number of ketones is 1. The molecule has 4 aromatic rings. The van der Waals surface area contributed by atoms with Gasteiger partial charge in [-0.15, -0.1) is 0 Å². The Morgan fingerprint density at radius 2 is 1.77 bits per heavy atom. The number of aryl methyl sites for hydroxylation is 1. The molecule has 0 aliphatic heterocycles. The number of anilines is 1. The predicted molar refractivity (Wildman–Crippen MR) is 167 cm³/mol. The molecule has 0 bridgehead atoms. The van der Waals surface area contributed by atoms with Crippen LogP contribution in [0.2, 0.25) is 5.02 Å². The molecule has 1 fully saturated rings. The highest BCUT2D eigenvalue weighted by Gasteiger charge is 2.29. The van der Waals surface area contributed by atoms with E-state index in [9.17, 15) is 19.2 Å². The van der Waals surface area contributed by atoms with Gasteiger partial charge in [-0.05, 0) is 92.4 Å². The average Bonchev–Trinajstić information content (AvgIpc) is 3.37. The van der Waals surface area contributed by atoms with Gasteiger partial charge in [0.05, 0.1) is 10.5 Å². The van der Waals surface area contributed by atoms with Crippen LogP contribution >= 0.6 is 11.6 Å². The van der Waals surface area contributed by atoms with Crippen molar-refractivity contribution in [2.45, 2.75) is 52.0 Å². The molecule has 9 nitrogen and oxygen atoms in total. The smallest absolute Gasteiger partial charge is 0.406 e. The van der Waals surface area contributed by atoms with Crippen molar-refractivity contribution in [1.29, 1.82) is 0 Å². The van der Waals surface area contributed by atoms with Crippen LogP contribution < -0.4 is 22.1 Å². The monoisotopic (exact) mass is 602 g/mol. The van der Waals surface area contributed by atoms with Crippen LogP contribution in [0.3, 0.4) is 0 Å². The molecule has 43 heavy (non-hydrogen) atoms. The minimum atomic E-state index is -0.861. The third-order valence-corrected chi connectivity index (χ3v) is 8.54. The number of aromatic amines is 1. The van der Waals surface area contributed by atoms with Crippen LogP contribution in [0.4, 0.5) is 5.69 Å². The highest BCUT2D eigenvalue weighted by Crippen LogP contribution is 2.30. The maximum atomic E-state index is 13.6. The molecule has 0 radical (unpaired) electrons. The summed E-state index contributed by atoms with van der Waals surface area (Å²) >= 11 is 6.28. The van der Waals surface area contributed by atoms with Crippen LogP contribution in [0.1, 0.15) is 54.1 Å². The van der Waals surface area contributed by atoms with Gasteiger partial charge in [-0.1, -0.05) is 48.0 Å². The van der Waals surface area contributed by atoms with E-state index in [1.807, 2.05) is 49.4 Å². The molecule has 1 aliphatic carbocycles. The van der Waals surface area contributed by atoms with Gasteiger partial charge < -0.3 is 20.8 Å². The molecule has 2 amide bonds. The molecule has 1 atom stereocenters. The quantitative estimate of drug-likeness (QED) is 0.189. The number of carbonyl (C=O) groups is 3. The van der Waals surface area contributed by atoms with Gasteiger partial charge in [0.2, 0.25) is 11.8 Å². The molecule has 3 aromatic carbocycles. The second-order valence-corrected chi connectivity index (χ2v) is 11.7. The van der Waals surface area contributed by atoms with Crippen molar-refractivity contribution in [3.8, 4) is 11.1 Å². The molecule has 5 N–H and O–H groups in total. The van der Waals surface area contributed by atoms with Gasteiger partial charge in [0.25, 0.3) is 0 Å². The predicted octanol–water partition coefficient (Wildman–Crippen LogP) is 5.38. The molecule has 5 rings (SSSR count). The van der Waals surface area contributed by atoms with E-state index < -0.39 is 17.7 Å². The lowest BCUT2D eigenvalue weighted by Crippen LogP contribution is -2.48. The Labute approximate surface area is 254 Å². The molecule has 0 unspecified atom stereocenters. The number of fused-ring (bicyclic) bond motifs is 1. The van der Waals surface area contributed by atoms with E-state index in [1.54, 1.807) is 13.0 Å². The highest BCUT2D eigenvalue weighted by atomic mass is 35.5. The first-order valence-electron chi connectivity index (χ1n) is 14.5. The number of oxazole rings is 1. The summed E-state index contributed by atoms with van der Waals surface area (Å²) in [7, 11) is 0. The minimum absolute atomic E-state index is 0.0176. The number of H-pyrrole nitrogens is 1. The van der Waals surface area contributed by atoms with E-state index in [4.69, 9.17) is 21.8 Å². The number of nitrogens with two attached hydrogens (primary N) is 1. The number of hydrogen-bond acceptors (Lipinski definition) is 6. The maximum Gasteiger partial charge on any atom is 0.417 e. The first kappa shape index (κ1) is 30.3. The second-order valence-electron chi connectivity index (χ2n) is 11.3. The molecule has 1 aliphatic rings. The van der Waals surface area contributed by atoms with Gasteiger partial charge in [0, 0.05) is 23.6 Å². The van der Waals surface area contributed by atoms with Crippen molar-refractivity contribution in [3.05, 3.63) is 86.9 Å². The average molecular weight is 603 g/mol. The molecule has 0 spiro atoms. The number of benzene rings is 3. The summed E-state index contributed by atoms with van der Waals surface area (Å²) in [5.74, 6) is -0.945. The van der Waals surface area contributed by atoms with Gasteiger partial charge in [-0.25, -0.2) is 4.79 Å². The van der Waals surface area contributed by atoms with Gasteiger partial charge in [-0.3, -0.25) is 19.4 Å². The fourth-order valence-corrected chi connectivity index (χ4v) is 6.00. The molecule has 10 heteroatoms. The Hall–Kier alpha value is -4.21. The van der Waals surface area contributed by atoms with E-state index >= 15 is 0 Å². The zero-order valence-corrected chi connectivity index (χ0v) is 24.9. The number of aromatic nitrogens is 1. The number of rotatable bonds is 9. The van der Waals surface area contributed by atoms with E-state index in [-0.39, 0.29) is 34.6 Å². The Balaban J connectivity index is 1.36. The Morgan fingerprint density at radius 1 is 1.05 bits per heavy atom. The van der Waals surface area contributed by atoms with Crippen LogP contribution in [0.25, 0.3) is 22.2 Å². The zero-order chi connectivity index (χ0) is 30.7. The molecule has 1 aromatic heterocycles. The summed E-state index contributed by atoms with van der Waals surface area (Å²) in [6.45, 7) is 4.13. The van der Waals surface area contributed by atoms with Crippen molar-refractivity contribution in [2.24, 2.45) is 17.6 Å². The first-order chi connectivity index (χ1) is 20.6. The molecule has 224 valence electrons. The van der Waals surface area contributed by atoms with Crippen LogP contribution in [-0.4, -0.2) is 35.2 Å². The summed E-state index contributed by atoms with van der Waals surface area (Å²) in [5.41, 5.74) is 11.3. The summed E-state index contributed by atoms with van der Waals surface area (Å²) in [6, 6.07) is 15.6. The van der Waals surface area contributed by atoms with Gasteiger partial charge in [0.15, 0.2) is 11.4 Å². The minimum Gasteiger partial charge on any atom is -0.406 e. The lowest BCUT2D eigenvalue weighted by molar-refractivity contribution is -0.130. The number of hydrogen-bond donors (Lipinski definition) is 4. The zero-order valence-electron chi connectivity index (χ0n) is 24.2. The molecular formula is C33H35ClN4O5. The van der Waals surface area contributed by atoms with Crippen molar-refractivity contribution >= 4 is 46.0 Å². The van der Waals surface area contributed by atoms with E-state index in [2.05, 4.69) is 15.6 Å². The topological polar surface area (TPSA) is 147 Å². The van der Waals surface area contributed by atoms with Crippen LogP contribution in [0, 0.1) is 18.8 Å². The molecule has 1 heterocycles. The van der Waals surface area contributed by atoms with E-state index in [0.29, 0.717) is 29.2 Å². The first-order valence-corrected chi connectivity index (χ1v) is 14.8. The lowest BCUT2D eigenvalue weighted by Gasteiger charge is -2.28. The van der Waals surface area contributed by atoms with Gasteiger partial charge >= 0.3 is 5.76 Å². The van der Waals surface area contributed by atoms with Crippen molar-refractivity contribution in [1.82, 2.24) is 10.3 Å². The van der Waals surface area contributed by atoms with Crippen molar-refractivity contribution in [2.75, 3.05) is 11.9 Å². The standard InChI is InChI=1S/C33H35ClN4O5/c1-18-13-24(19(2)39)11-12-26(18)22-7-3-20(4-8-22)14-29(37-31(40)23-9-5-21(17-35)6-10-23)32(41)36-25-15-27(34)30-28(16-25)38-33(42)43-30/h3-4,7-8,11-13,15-16,21,23,29H,5-6,9-10,14,17,35H2,1-2H3,(H,36,41)(H,37,40)(H,38,42)/t21?,23?,29-/m0/s1. The van der Waals surface area contributed by atoms with Crippen LogP contribution in [0.5, 0.6) is 0 Å². The summed E-state index contributed by atoms with van der Waals surface area (Å²) in [6.07, 6.45) is 3.51. The van der Waals surface area contributed by atoms with Crippen LogP contribution in [0.15, 0.2) is 63.8 Å². The maximum absolute atomic E-state index is 13.6. The lowest BCUT2D eigenvalue weighted by atomic mass is 9.81. The van der Waals surface area contributed by atoms with Crippen LogP contribution in [-0.2, 0) is 16.0 Å². The second kappa shape index (κ2) is 13.0. The number of nitrogens with one attached hydrogen (secondary N) is 3. The Kier molecular flexibility index (Phi) is 9.13. The normalized spacial score (nSPS) is 17.4. The molecule has 1 saturated carbocycles. The van der Waals surface area contributed by atoms with Gasteiger partial charge in [0.1, 0.15) is 6.04 Å². The molecular weight excluding hydrogens is 568 g/mol. The third kappa shape index (κ3) is 7.06. The third-order valence-electron chi connectivity index (χ3n) is 8.26. The Morgan fingerprint density at radius 3 is 2.42 bits per heavy atom. The summed E-state index contributed by atoms with van der Waals surface area (Å²) < 4.78 is 5.05. The van der Waals surface area contributed by atoms with E-state index in [1.165, 1.54) is 6.07 Å². The van der Waals surface area contributed by atoms with E-state index in [0.717, 1.165) is 47.9 Å². The molecule has 0 saturated heterocycles. The summed E-state index contributed by atoms with van der Waals surface area (Å²) in [4.78, 5) is 52.8. The SMILES string of the molecule is CC(=O)c1ccc(-c2ccc(C[C@H](NC(=O)C3CCC(CN)CC3)C(=O)Nc3cc(Cl)c4oc(=O)[nH]c4c3)cc2)c(C)c1. The van der Waals surface area contributed by atoms with Crippen molar-refractivity contribution in [3.63, 3.8) is 0 Å². The summed E-state index contributed by atoms with van der Waals surface area (Å²) in [5, 5.41) is 6.01. The number of halogens is 1. The number of amides is 2. The fraction of sp³-hybridized carbons (Fsp3) is 0.333. The number of Topliss-reactive ketones (excluding diaryl/α,β-unsaturated/α-hetero) is 1. The highest BCUT2D eigenvalue weighted by molar-refractivity contribution is 6.35.